The van der Waals surface area contributed by atoms with E-state index in [-0.39, 0.29) is 15.5 Å². The van der Waals surface area contributed by atoms with Gasteiger partial charge in [-0.2, -0.15) is 4.31 Å². The molecule has 8 heteroatoms. The molecule has 2 aromatic rings. The SMILES string of the molecule is CCCCN(CCCC)S(=O)(=O)c1ccc(NC(=O)c2cc(Cl)ccc2Cl)cc1. The van der Waals surface area contributed by atoms with Gasteiger partial charge in [-0.25, -0.2) is 8.42 Å². The molecule has 0 aromatic heterocycles. The van der Waals surface area contributed by atoms with Crippen LogP contribution in [0.1, 0.15) is 49.9 Å². The van der Waals surface area contributed by atoms with Crippen molar-refractivity contribution in [3.8, 4) is 0 Å². The Kier molecular flexibility index (Phi) is 8.96. The summed E-state index contributed by atoms with van der Waals surface area (Å²) < 4.78 is 27.5. The number of nitrogens with one attached hydrogen (secondary N) is 1. The minimum Gasteiger partial charge on any atom is -0.322 e. The Hall–Kier alpha value is -1.60. The first-order valence-electron chi connectivity index (χ1n) is 9.66. The number of anilines is 1. The van der Waals surface area contributed by atoms with Crippen LogP contribution in [-0.4, -0.2) is 31.7 Å². The third-order valence-electron chi connectivity index (χ3n) is 4.45. The number of amides is 1. The molecule has 0 fully saturated rings. The van der Waals surface area contributed by atoms with Gasteiger partial charge in [0, 0.05) is 23.8 Å². The highest BCUT2D eigenvalue weighted by atomic mass is 35.5. The van der Waals surface area contributed by atoms with Gasteiger partial charge >= 0.3 is 0 Å². The molecule has 0 bridgehead atoms. The third kappa shape index (κ3) is 6.44. The molecule has 1 N–H and O–H groups in total. The van der Waals surface area contributed by atoms with Gasteiger partial charge in [-0.15, -0.1) is 0 Å². The fraction of sp³-hybridized carbons (Fsp3) is 0.381. The van der Waals surface area contributed by atoms with Crippen LogP contribution in [0.4, 0.5) is 5.69 Å². The Morgan fingerprint density at radius 1 is 0.966 bits per heavy atom. The van der Waals surface area contributed by atoms with Crippen LogP contribution in [0.5, 0.6) is 0 Å². The van der Waals surface area contributed by atoms with Crippen LogP contribution < -0.4 is 5.32 Å². The maximum Gasteiger partial charge on any atom is 0.257 e. The molecule has 0 aliphatic carbocycles. The van der Waals surface area contributed by atoms with Crippen molar-refractivity contribution in [1.29, 1.82) is 0 Å². The average Bonchev–Trinajstić information content (AvgIpc) is 2.70. The summed E-state index contributed by atoms with van der Waals surface area (Å²) in [5.41, 5.74) is 0.722. The molecule has 5 nitrogen and oxygen atoms in total. The summed E-state index contributed by atoms with van der Waals surface area (Å²) >= 11 is 12.0. The predicted octanol–water partition coefficient (Wildman–Crippen LogP) is 5.84. The zero-order valence-electron chi connectivity index (χ0n) is 16.6. The zero-order chi connectivity index (χ0) is 21.4. The number of halogens is 2. The Morgan fingerprint density at radius 3 is 2.10 bits per heavy atom. The molecule has 0 atom stereocenters. The van der Waals surface area contributed by atoms with Gasteiger partial charge in [-0.1, -0.05) is 49.9 Å². The minimum absolute atomic E-state index is 0.212. The van der Waals surface area contributed by atoms with Crippen molar-refractivity contribution in [2.24, 2.45) is 0 Å². The average molecular weight is 457 g/mol. The third-order valence-corrected chi connectivity index (χ3v) is 6.92. The van der Waals surface area contributed by atoms with Crippen LogP contribution in [0.3, 0.4) is 0 Å². The molecule has 0 aliphatic heterocycles. The molecule has 29 heavy (non-hydrogen) atoms. The summed E-state index contributed by atoms with van der Waals surface area (Å²) in [6.07, 6.45) is 3.49. The molecule has 2 rings (SSSR count). The standard InChI is InChI=1S/C21H26Cl2N2O3S/c1-3-5-13-25(14-6-4-2)29(27,28)18-10-8-17(9-11-18)24-21(26)19-15-16(22)7-12-20(19)23/h7-12,15H,3-6,13-14H2,1-2H3,(H,24,26). The molecular formula is C21H26Cl2N2O3S. The molecule has 158 valence electrons. The minimum atomic E-state index is -3.57. The lowest BCUT2D eigenvalue weighted by Crippen LogP contribution is -2.33. The van der Waals surface area contributed by atoms with E-state index in [1.807, 2.05) is 13.8 Å². The molecule has 1 amide bonds. The number of nitrogens with zero attached hydrogens (tertiary/aromatic N) is 1. The van der Waals surface area contributed by atoms with Gasteiger partial charge < -0.3 is 5.32 Å². The monoisotopic (exact) mass is 456 g/mol. The van der Waals surface area contributed by atoms with E-state index in [0.29, 0.717) is 23.8 Å². The number of rotatable bonds is 10. The van der Waals surface area contributed by atoms with Gasteiger partial charge in [-0.3, -0.25) is 4.79 Å². The lowest BCUT2D eigenvalue weighted by Gasteiger charge is -2.22. The van der Waals surface area contributed by atoms with Crippen molar-refractivity contribution in [3.05, 3.63) is 58.1 Å². The van der Waals surface area contributed by atoms with Gasteiger partial charge in [0.25, 0.3) is 5.91 Å². The van der Waals surface area contributed by atoms with Gasteiger partial charge in [0.2, 0.25) is 10.0 Å². The normalized spacial score (nSPS) is 11.6. The van der Waals surface area contributed by atoms with Crippen LogP contribution >= 0.6 is 23.2 Å². The Morgan fingerprint density at radius 2 is 1.55 bits per heavy atom. The van der Waals surface area contributed by atoms with Crippen molar-refractivity contribution in [2.75, 3.05) is 18.4 Å². The second-order valence-electron chi connectivity index (χ2n) is 6.71. The van der Waals surface area contributed by atoms with Crippen LogP contribution in [0, 0.1) is 0 Å². The smallest absolute Gasteiger partial charge is 0.257 e. The van der Waals surface area contributed by atoms with Crippen LogP contribution in [0.15, 0.2) is 47.4 Å². The van der Waals surface area contributed by atoms with E-state index in [0.717, 1.165) is 25.7 Å². The fourth-order valence-corrected chi connectivity index (χ4v) is 4.64. The van der Waals surface area contributed by atoms with Crippen molar-refractivity contribution < 1.29 is 13.2 Å². The number of carbonyl (C=O) groups excluding carboxylic acids is 1. The summed E-state index contributed by atoms with van der Waals surface area (Å²) in [6.45, 7) is 5.08. The topological polar surface area (TPSA) is 66.5 Å². The van der Waals surface area contributed by atoms with Crippen molar-refractivity contribution >= 4 is 44.8 Å². The highest BCUT2D eigenvalue weighted by Gasteiger charge is 2.23. The number of unbranched alkanes of at least 4 members (excludes halogenated alkanes) is 2. The lowest BCUT2D eigenvalue weighted by atomic mass is 10.2. The molecule has 0 heterocycles. The summed E-state index contributed by atoms with van der Waals surface area (Å²) in [7, 11) is -3.57. The second-order valence-corrected chi connectivity index (χ2v) is 9.50. The maximum atomic E-state index is 13.0. The molecule has 2 aromatic carbocycles. The first kappa shape index (κ1) is 23.7. The first-order chi connectivity index (χ1) is 13.8. The van der Waals surface area contributed by atoms with E-state index in [9.17, 15) is 13.2 Å². The summed E-state index contributed by atoms with van der Waals surface area (Å²) in [6, 6.07) is 10.8. The molecular weight excluding hydrogens is 431 g/mol. The van der Waals surface area contributed by atoms with Gasteiger partial charge in [-0.05, 0) is 55.3 Å². The van der Waals surface area contributed by atoms with E-state index < -0.39 is 15.9 Å². The maximum absolute atomic E-state index is 13.0. The summed E-state index contributed by atoms with van der Waals surface area (Å²) in [4.78, 5) is 12.6. The Balaban J connectivity index is 2.17. The number of hydrogen-bond donors (Lipinski definition) is 1. The second kappa shape index (κ2) is 11.0. The largest absolute Gasteiger partial charge is 0.322 e. The molecule has 0 spiro atoms. The van der Waals surface area contributed by atoms with Crippen molar-refractivity contribution in [1.82, 2.24) is 4.31 Å². The number of sulfonamides is 1. The van der Waals surface area contributed by atoms with E-state index in [1.54, 1.807) is 28.6 Å². The first-order valence-corrected chi connectivity index (χ1v) is 11.9. The fourth-order valence-electron chi connectivity index (χ4n) is 2.75. The van der Waals surface area contributed by atoms with E-state index >= 15 is 0 Å². The molecule has 0 saturated carbocycles. The van der Waals surface area contributed by atoms with Crippen molar-refractivity contribution in [2.45, 2.75) is 44.4 Å². The zero-order valence-corrected chi connectivity index (χ0v) is 18.9. The van der Waals surface area contributed by atoms with Crippen LogP contribution in [0.25, 0.3) is 0 Å². The van der Waals surface area contributed by atoms with E-state index in [2.05, 4.69) is 5.32 Å². The summed E-state index contributed by atoms with van der Waals surface area (Å²) in [5, 5.41) is 3.40. The Labute approximate surface area is 183 Å². The van der Waals surface area contributed by atoms with Crippen molar-refractivity contribution in [3.63, 3.8) is 0 Å². The van der Waals surface area contributed by atoms with Gasteiger partial charge in [0.05, 0.1) is 15.5 Å². The predicted molar refractivity (Wildman–Crippen MR) is 119 cm³/mol. The highest BCUT2D eigenvalue weighted by molar-refractivity contribution is 7.89. The van der Waals surface area contributed by atoms with Gasteiger partial charge in [0.1, 0.15) is 0 Å². The van der Waals surface area contributed by atoms with E-state index in [1.165, 1.54) is 18.2 Å². The molecule has 0 radical (unpaired) electrons. The molecule has 0 saturated heterocycles. The number of benzene rings is 2. The van der Waals surface area contributed by atoms with Gasteiger partial charge in [0.15, 0.2) is 0 Å². The quantitative estimate of drug-likeness (QED) is 0.488. The van der Waals surface area contributed by atoms with Crippen LogP contribution in [-0.2, 0) is 10.0 Å². The van der Waals surface area contributed by atoms with E-state index in [4.69, 9.17) is 23.2 Å². The Bertz CT molecular complexity index is 923. The summed E-state index contributed by atoms with van der Waals surface area (Å²) in [5.74, 6) is -0.416. The number of hydrogen-bond acceptors (Lipinski definition) is 3. The molecule has 0 aliphatic rings. The lowest BCUT2D eigenvalue weighted by molar-refractivity contribution is 0.102. The highest BCUT2D eigenvalue weighted by Crippen LogP contribution is 2.23. The molecule has 0 unspecified atom stereocenters. The number of carbonyl (C=O) groups is 1. The van der Waals surface area contributed by atoms with Crippen LogP contribution in [0.2, 0.25) is 10.0 Å².